The van der Waals surface area contributed by atoms with E-state index in [1.807, 2.05) is 4.98 Å². The maximum absolute atomic E-state index is 12.3. The molecule has 0 atom stereocenters. The molecule has 18 heavy (non-hydrogen) atoms. The van der Waals surface area contributed by atoms with Gasteiger partial charge in [-0.1, -0.05) is 0 Å². The maximum Gasteiger partial charge on any atom is 0.449 e. The quantitative estimate of drug-likeness (QED) is 0.664. The summed E-state index contributed by atoms with van der Waals surface area (Å²) in [5.41, 5.74) is 0.315. The number of rotatable bonds is 2. The molecule has 2 aromatic rings. The van der Waals surface area contributed by atoms with Crippen LogP contribution in [-0.2, 0) is 6.18 Å². The van der Waals surface area contributed by atoms with E-state index >= 15 is 0 Å². The zero-order chi connectivity index (χ0) is 13.3. The number of non-ortho nitro benzene ring substituents is 1. The van der Waals surface area contributed by atoms with Gasteiger partial charge in [-0.05, 0) is 12.1 Å². The summed E-state index contributed by atoms with van der Waals surface area (Å²) in [5.74, 6) is -1.10. The molecule has 0 saturated heterocycles. The van der Waals surface area contributed by atoms with Crippen molar-refractivity contribution in [1.29, 1.82) is 0 Å². The fourth-order valence-corrected chi connectivity index (χ4v) is 1.37. The number of nitrogens with one attached hydrogen (secondary N) is 1. The number of nitrogens with zero attached hydrogens (tertiary/aromatic N) is 2. The number of aromatic nitrogens is 2. The van der Waals surface area contributed by atoms with Gasteiger partial charge in [-0.2, -0.15) is 13.2 Å². The highest BCUT2D eigenvalue weighted by molar-refractivity contribution is 5.60. The largest absolute Gasteiger partial charge is 0.449 e. The molecule has 94 valence electrons. The van der Waals surface area contributed by atoms with E-state index in [-0.39, 0.29) is 11.4 Å². The Labute approximate surface area is 98.4 Å². The van der Waals surface area contributed by atoms with Crippen molar-refractivity contribution in [3.8, 4) is 11.3 Å². The third-order valence-electron chi connectivity index (χ3n) is 2.22. The number of alkyl halides is 3. The van der Waals surface area contributed by atoms with Gasteiger partial charge in [-0.15, -0.1) is 0 Å². The maximum atomic E-state index is 12.3. The number of nitro benzene ring substituents is 1. The molecule has 5 nitrogen and oxygen atoms in total. The van der Waals surface area contributed by atoms with E-state index in [9.17, 15) is 23.3 Å². The van der Waals surface area contributed by atoms with Crippen molar-refractivity contribution in [3.05, 3.63) is 46.4 Å². The molecule has 0 saturated carbocycles. The van der Waals surface area contributed by atoms with Crippen LogP contribution < -0.4 is 0 Å². The Balaban J connectivity index is 2.32. The summed E-state index contributed by atoms with van der Waals surface area (Å²) >= 11 is 0. The molecular formula is C10H6F3N3O2. The van der Waals surface area contributed by atoms with Gasteiger partial charge in [0, 0.05) is 23.9 Å². The molecule has 0 aliphatic rings. The fraction of sp³-hybridized carbons (Fsp3) is 0.100. The van der Waals surface area contributed by atoms with Gasteiger partial charge in [0.2, 0.25) is 5.82 Å². The Hall–Kier alpha value is -2.38. The molecule has 1 heterocycles. The lowest BCUT2D eigenvalue weighted by molar-refractivity contribution is -0.384. The first-order chi connectivity index (χ1) is 8.38. The smallest absolute Gasteiger partial charge is 0.340 e. The molecule has 1 aromatic carbocycles. The molecule has 0 aliphatic carbocycles. The van der Waals surface area contributed by atoms with E-state index in [1.54, 1.807) is 0 Å². The second-order valence-electron chi connectivity index (χ2n) is 3.44. The second kappa shape index (κ2) is 4.13. The highest BCUT2D eigenvalue weighted by atomic mass is 19.4. The van der Waals surface area contributed by atoms with Gasteiger partial charge in [0.25, 0.3) is 5.69 Å². The number of nitro groups is 1. The van der Waals surface area contributed by atoms with Gasteiger partial charge in [-0.25, -0.2) is 4.98 Å². The first-order valence-electron chi connectivity index (χ1n) is 4.75. The van der Waals surface area contributed by atoms with Gasteiger partial charge in [0.05, 0.1) is 10.6 Å². The van der Waals surface area contributed by atoms with Crippen LogP contribution >= 0.6 is 0 Å². The molecule has 0 radical (unpaired) electrons. The molecule has 0 aliphatic heterocycles. The lowest BCUT2D eigenvalue weighted by atomic mass is 10.1. The van der Waals surface area contributed by atoms with Gasteiger partial charge >= 0.3 is 6.18 Å². The summed E-state index contributed by atoms with van der Waals surface area (Å²) in [6, 6.07) is 5.09. The minimum absolute atomic E-state index is 0.0808. The summed E-state index contributed by atoms with van der Waals surface area (Å²) in [7, 11) is 0. The SMILES string of the molecule is O=[N+]([O-])c1ccc(-c2c[nH]c(C(F)(F)F)n2)cc1. The average molecular weight is 257 g/mol. The first kappa shape index (κ1) is 12.1. The number of halogens is 3. The summed E-state index contributed by atoms with van der Waals surface area (Å²) in [4.78, 5) is 15.2. The van der Waals surface area contributed by atoms with E-state index in [0.29, 0.717) is 5.56 Å². The molecule has 0 unspecified atom stereocenters. The normalized spacial score (nSPS) is 11.5. The van der Waals surface area contributed by atoms with Crippen molar-refractivity contribution < 1.29 is 18.1 Å². The Morgan fingerprint density at radius 2 is 1.83 bits per heavy atom. The highest BCUT2D eigenvalue weighted by Gasteiger charge is 2.34. The van der Waals surface area contributed by atoms with Crippen molar-refractivity contribution in [2.24, 2.45) is 0 Å². The molecule has 0 bridgehead atoms. The summed E-state index contributed by atoms with van der Waals surface area (Å²) in [5, 5.41) is 10.4. The predicted octanol–water partition coefficient (Wildman–Crippen LogP) is 3.00. The minimum atomic E-state index is -4.54. The number of benzene rings is 1. The average Bonchev–Trinajstić information content (AvgIpc) is 2.78. The number of hydrogen-bond donors (Lipinski definition) is 1. The van der Waals surface area contributed by atoms with Gasteiger partial charge in [0.15, 0.2) is 0 Å². The van der Waals surface area contributed by atoms with Crippen LogP contribution in [0.25, 0.3) is 11.3 Å². The summed E-state index contributed by atoms with van der Waals surface area (Å²) in [6.07, 6.45) is -3.44. The van der Waals surface area contributed by atoms with Crippen molar-refractivity contribution >= 4 is 5.69 Å². The van der Waals surface area contributed by atoms with Crippen LogP contribution in [0.3, 0.4) is 0 Å². The van der Waals surface area contributed by atoms with E-state index in [4.69, 9.17) is 0 Å². The third kappa shape index (κ3) is 2.31. The van der Waals surface area contributed by atoms with Crippen LogP contribution in [0.5, 0.6) is 0 Å². The highest BCUT2D eigenvalue weighted by Crippen LogP contribution is 2.29. The van der Waals surface area contributed by atoms with E-state index < -0.39 is 16.9 Å². The van der Waals surface area contributed by atoms with Crippen molar-refractivity contribution in [2.75, 3.05) is 0 Å². The van der Waals surface area contributed by atoms with Crippen molar-refractivity contribution in [3.63, 3.8) is 0 Å². The Morgan fingerprint density at radius 3 is 2.28 bits per heavy atom. The molecule has 0 spiro atoms. The molecule has 1 aromatic heterocycles. The lowest BCUT2D eigenvalue weighted by Gasteiger charge is -2.00. The van der Waals surface area contributed by atoms with Crippen LogP contribution in [0.4, 0.5) is 18.9 Å². The van der Waals surface area contributed by atoms with Crippen molar-refractivity contribution in [2.45, 2.75) is 6.18 Å². The lowest BCUT2D eigenvalue weighted by Crippen LogP contribution is -2.07. The summed E-state index contributed by atoms with van der Waals surface area (Å²) in [6.45, 7) is 0. The van der Waals surface area contributed by atoms with Gasteiger partial charge in [0.1, 0.15) is 0 Å². The van der Waals surface area contributed by atoms with Crippen LogP contribution in [-0.4, -0.2) is 14.9 Å². The van der Waals surface area contributed by atoms with Gasteiger partial charge in [-0.3, -0.25) is 10.1 Å². The Morgan fingerprint density at radius 1 is 1.22 bits per heavy atom. The third-order valence-corrected chi connectivity index (χ3v) is 2.22. The monoisotopic (exact) mass is 257 g/mol. The fourth-order valence-electron chi connectivity index (χ4n) is 1.37. The second-order valence-corrected chi connectivity index (χ2v) is 3.44. The molecule has 0 fully saturated rings. The van der Waals surface area contributed by atoms with E-state index in [2.05, 4.69) is 4.98 Å². The molecule has 2 rings (SSSR count). The molecule has 8 heteroatoms. The first-order valence-corrected chi connectivity index (χ1v) is 4.75. The Kier molecular flexibility index (Phi) is 2.77. The molecule has 0 amide bonds. The van der Waals surface area contributed by atoms with E-state index in [1.165, 1.54) is 24.3 Å². The molecular weight excluding hydrogens is 251 g/mol. The number of aromatic amines is 1. The minimum Gasteiger partial charge on any atom is -0.340 e. The Bertz CT molecular complexity index is 575. The standard InChI is InChI=1S/C10H6F3N3O2/c11-10(12,13)9-14-5-8(15-9)6-1-3-7(4-2-6)16(17)18/h1-5H,(H,14,15). The zero-order valence-electron chi connectivity index (χ0n) is 8.73. The molecule has 1 N–H and O–H groups in total. The van der Waals surface area contributed by atoms with E-state index in [0.717, 1.165) is 6.20 Å². The number of imidazole rings is 1. The zero-order valence-corrected chi connectivity index (χ0v) is 8.73. The van der Waals surface area contributed by atoms with Gasteiger partial charge < -0.3 is 4.98 Å². The summed E-state index contributed by atoms with van der Waals surface area (Å²) < 4.78 is 36.9. The topological polar surface area (TPSA) is 71.8 Å². The number of H-pyrrole nitrogens is 1. The van der Waals surface area contributed by atoms with Crippen molar-refractivity contribution in [1.82, 2.24) is 9.97 Å². The van der Waals surface area contributed by atoms with Crippen LogP contribution in [0.2, 0.25) is 0 Å². The predicted molar refractivity (Wildman–Crippen MR) is 55.7 cm³/mol. The number of hydrogen-bond acceptors (Lipinski definition) is 3. The van der Waals surface area contributed by atoms with Crippen LogP contribution in [0, 0.1) is 10.1 Å². The van der Waals surface area contributed by atoms with Crippen LogP contribution in [0.1, 0.15) is 5.82 Å². The van der Waals surface area contributed by atoms with Crippen LogP contribution in [0.15, 0.2) is 30.5 Å².